The molecule has 0 aliphatic rings. The van der Waals surface area contributed by atoms with Crippen LogP contribution in [0.25, 0.3) is 22.2 Å². The monoisotopic (exact) mass is 316 g/mol. The summed E-state index contributed by atoms with van der Waals surface area (Å²) in [5.41, 5.74) is 1.09. The van der Waals surface area contributed by atoms with E-state index in [4.69, 9.17) is 9.15 Å². The Morgan fingerprint density at radius 3 is 2.95 bits per heavy atom. The lowest BCUT2D eigenvalue weighted by molar-refractivity contribution is -0.307. The number of aliphatic carboxylic acids is 1. The molecule has 6 nitrogen and oxygen atoms in total. The number of carbonyl (C=O) groups is 1. The molecule has 0 fully saturated rings. The number of aryl methyl sites for hydroxylation is 1. The van der Waals surface area contributed by atoms with Gasteiger partial charge < -0.3 is 19.1 Å². The maximum absolute atomic E-state index is 12.5. The summed E-state index contributed by atoms with van der Waals surface area (Å²) >= 11 is 1.45. The third kappa shape index (κ3) is 2.71. The first-order chi connectivity index (χ1) is 10.5. The van der Waals surface area contributed by atoms with Gasteiger partial charge in [0.15, 0.2) is 0 Å². The third-order valence-electron chi connectivity index (χ3n) is 3.00. The number of carboxylic acid groups (broad SMARTS) is 1. The van der Waals surface area contributed by atoms with Crippen LogP contribution in [-0.4, -0.2) is 17.6 Å². The average molecular weight is 316 g/mol. The van der Waals surface area contributed by atoms with E-state index in [0.29, 0.717) is 22.2 Å². The van der Waals surface area contributed by atoms with E-state index in [9.17, 15) is 14.7 Å². The van der Waals surface area contributed by atoms with Crippen LogP contribution in [0.2, 0.25) is 0 Å². The molecule has 0 aliphatic heterocycles. The van der Waals surface area contributed by atoms with E-state index in [-0.39, 0.29) is 11.2 Å². The first-order valence-electron chi connectivity index (χ1n) is 6.35. The number of carboxylic acids is 1. The first kappa shape index (κ1) is 14.3. The van der Waals surface area contributed by atoms with Gasteiger partial charge in [-0.2, -0.15) is 0 Å². The SMILES string of the molecule is Cc1nc(-c2coc3cc(OCC(=O)[O-])ccc3c2=O)cs1. The van der Waals surface area contributed by atoms with E-state index in [2.05, 4.69) is 4.98 Å². The lowest BCUT2D eigenvalue weighted by Crippen LogP contribution is -2.28. The van der Waals surface area contributed by atoms with Crippen LogP contribution in [0, 0.1) is 6.92 Å². The van der Waals surface area contributed by atoms with Crippen molar-refractivity contribution < 1.29 is 19.1 Å². The number of aromatic nitrogens is 1. The molecule has 0 bridgehead atoms. The third-order valence-corrected chi connectivity index (χ3v) is 3.77. The van der Waals surface area contributed by atoms with Crippen molar-refractivity contribution in [1.82, 2.24) is 4.98 Å². The van der Waals surface area contributed by atoms with E-state index in [1.165, 1.54) is 35.8 Å². The molecule has 0 spiro atoms. The molecule has 0 atom stereocenters. The summed E-state index contributed by atoms with van der Waals surface area (Å²) < 4.78 is 10.5. The van der Waals surface area contributed by atoms with Crippen LogP contribution >= 0.6 is 11.3 Å². The Morgan fingerprint density at radius 1 is 1.45 bits per heavy atom. The van der Waals surface area contributed by atoms with Crippen molar-refractivity contribution in [2.24, 2.45) is 0 Å². The number of hydrogen-bond donors (Lipinski definition) is 0. The highest BCUT2D eigenvalue weighted by molar-refractivity contribution is 7.09. The lowest BCUT2D eigenvalue weighted by Gasteiger charge is -2.07. The molecular formula is C15H10NO5S-. The minimum Gasteiger partial charge on any atom is -0.546 e. The maximum Gasteiger partial charge on any atom is 0.202 e. The molecule has 7 heteroatoms. The molecule has 0 aliphatic carbocycles. The molecule has 0 radical (unpaired) electrons. The summed E-state index contributed by atoms with van der Waals surface area (Å²) in [5, 5.41) is 13.4. The molecule has 2 heterocycles. The van der Waals surface area contributed by atoms with Crippen LogP contribution in [0.5, 0.6) is 5.75 Å². The van der Waals surface area contributed by atoms with E-state index in [1.807, 2.05) is 6.92 Å². The number of carbonyl (C=O) groups excluding carboxylic acids is 1. The summed E-state index contributed by atoms with van der Waals surface area (Å²) in [4.78, 5) is 27.1. The summed E-state index contributed by atoms with van der Waals surface area (Å²) in [6, 6.07) is 4.52. The van der Waals surface area contributed by atoms with Gasteiger partial charge >= 0.3 is 0 Å². The fourth-order valence-electron chi connectivity index (χ4n) is 2.00. The van der Waals surface area contributed by atoms with E-state index >= 15 is 0 Å². The van der Waals surface area contributed by atoms with Gasteiger partial charge in [0, 0.05) is 11.4 Å². The Bertz CT molecular complexity index is 912. The molecule has 1 aromatic carbocycles. The second kappa shape index (κ2) is 5.61. The molecule has 0 saturated heterocycles. The molecule has 0 unspecified atom stereocenters. The Kier molecular flexibility index (Phi) is 3.64. The van der Waals surface area contributed by atoms with Crippen molar-refractivity contribution in [3.8, 4) is 17.0 Å². The summed E-state index contributed by atoms with van der Waals surface area (Å²) in [5.74, 6) is -1.03. The van der Waals surface area contributed by atoms with Crippen molar-refractivity contribution in [3.63, 3.8) is 0 Å². The first-order valence-corrected chi connectivity index (χ1v) is 7.23. The van der Waals surface area contributed by atoms with Crippen molar-refractivity contribution in [2.45, 2.75) is 6.92 Å². The van der Waals surface area contributed by atoms with Crippen LogP contribution in [0.1, 0.15) is 5.01 Å². The van der Waals surface area contributed by atoms with Crippen molar-refractivity contribution in [3.05, 3.63) is 45.1 Å². The lowest BCUT2D eigenvalue weighted by atomic mass is 10.1. The number of fused-ring (bicyclic) bond motifs is 1. The summed E-state index contributed by atoms with van der Waals surface area (Å²) in [6.45, 7) is 1.30. The molecule has 0 N–H and O–H groups in total. The van der Waals surface area contributed by atoms with Crippen LogP contribution in [-0.2, 0) is 4.79 Å². The minimum absolute atomic E-state index is 0.196. The van der Waals surface area contributed by atoms with Crippen molar-refractivity contribution in [1.29, 1.82) is 0 Å². The molecule has 112 valence electrons. The van der Waals surface area contributed by atoms with E-state index in [0.717, 1.165) is 5.01 Å². The van der Waals surface area contributed by atoms with Crippen LogP contribution in [0.4, 0.5) is 0 Å². The Labute approximate surface area is 128 Å². The fraction of sp³-hybridized carbons (Fsp3) is 0.133. The van der Waals surface area contributed by atoms with E-state index in [1.54, 1.807) is 5.38 Å². The second-order valence-electron chi connectivity index (χ2n) is 4.55. The Hall–Kier alpha value is -2.67. The van der Waals surface area contributed by atoms with Gasteiger partial charge in [-0.25, -0.2) is 4.98 Å². The van der Waals surface area contributed by atoms with Gasteiger partial charge in [-0.1, -0.05) is 0 Å². The predicted octanol–water partition coefficient (Wildman–Crippen LogP) is 1.35. The van der Waals surface area contributed by atoms with Gasteiger partial charge in [0.2, 0.25) is 5.43 Å². The highest BCUT2D eigenvalue weighted by Gasteiger charge is 2.12. The number of rotatable bonds is 4. The molecule has 3 aromatic rings. The maximum atomic E-state index is 12.5. The van der Waals surface area contributed by atoms with Gasteiger partial charge in [-0.15, -0.1) is 11.3 Å². The van der Waals surface area contributed by atoms with E-state index < -0.39 is 12.6 Å². The number of benzene rings is 1. The van der Waals surface area contributed by atoms with Gasteiger partial charge in [-0.05, 0) is 19.1 Å². The van der Waals surface area contributed by atoms with Crippen LogP contribution in [0.3, 0.4) is 0 Å². The Morgan fingerprint density at radius 2 is 2.27 bits per heavy atom. The summed E-state index contributed by atoms with van der Waals surface area (Å²) in [6.07, 6.45) is 1.35. The van der Waals surface area contributed by atoms with Crippen molar-refractivity contribution >= 4 is 28.3 Å². The second-order valence-corrected chi connectivity index (χ2v) is 5.61. The molecule has 22 heavy (non-hydrogen) atoms. The predicted molar refractivity (Wildman–Crippen MR) is 78.8 cm³/mol. The van der Waals surface area contributed by atoms with Crippen molar-refractivity contribution in [2.75, 3.05) is 6.61 Å². The van der Waals surface area contributed by atoms with Gasteiger partial charge in [0.05, 0.1) is 27.6 Å². The van der Waals surface area contributed by atoms with Gasteiger partial charge in [0.25, 0.3) is 0 Å². The quantitative estimate of drug-likeness (QED) is 0.721. The minimum atomic E-state index is -1.32. The normalized spacial score (nSPS) is 10.8. The molecule has 2 aromatic heterocycles. The number of hydrogen-bond acceptors (Lipinski definition) is 7. The zero-order chi connectivity index (χ0) is 15.7. The molecule has 0 amide bonds. The number of nitrogens with zero attached hydrogens (tertiary/aromatic N) is 1. The molecular weight excluding hydrogens is 306 g/mol. The topological polar surface area (TPSA) is 92.5 Å². The average Bonchev–Trinajstić information content (AvgIpc) is 2.91. The molecule has 0 saturated carbocycles. The zero-order valence-electron chi connectivity index (χ0n) is 11.5. The number of ether oxygens (including phenoxy) is 1. The van der Waals surface area contributed by atoms with Crippen LogP contribution < -0.4 is 15.3 Å². The summed E-state index contributed by atoms with van der Waals surface area (Å²) in [7, 11) is 0. The van der Waals surface area contributed by atoms with Gasteiger partial charge in [-0.3, -0.25) is 4.79 Å². The Balaban J connectivity index is 2.03. The number of thiazole rings is 1. The smallest absolute Gasteiger partial charge is 0.202 e. The van der Waals surface area contributed by atoms with Gasteiger partial charge in [0.1, 0.15) is 24.2 Å². The highest BCUT2D eigenvalue weighted by atomic mass is 32.1. The zero-order valence-corrected chi connectivity index (χ0v) is 12.3. The fourth-order valence-corrected chi connectivity index (χ4v) is 2.62. The van der Waals surface area contributed by atoms with Crippen LogP contribution in [0.15, 0.2) is 39.1 Å². The largest absolute Gasteiger partial charge is 0.546 e. The molecule has 3 rings (SSSR count). The highest BCUT2D eigenvalue weighted by Crippen LogP contribution is 2.24. The standard InChI is InChI=1S/C15H11NO5S/c1-8-16-12(7-22-8)11-5-21-13-4-9(20-6-14(17)18)2-3-10(13)15(11)19/h2-5,7H,6H2,1H3,(H,17,18)/p-1.